The van der Waals surface area contributed by atoms with Gasteiger partial charge in [0.2, 0.25) is 0 Å². The first-order valence-electron chi connectivity index (χ1n) is 4.04. The van der Waals surface area contributed by atoms with Crippen molar-refractivity contribution in [3.63, 3.8) is 0 Å². The minimum Gasteiger partial charge on any atom is -0.544 e. The number of benzene rings is 1. The molecule has 0 spiro atoms. The van der Waals surface area contributed by atoms with Gasteiger partial charge in [0.05, 0.1) is 5.56 Å². The van der Waals surface area contributed by atoms with Gasteiger partial charge in [-0.25, -0.2) is 0 Å². The molecule has 0 amide bonds. The van der Waals surface area contributed by atoms with E-state index < -0.39 is 23.8 Å². The van der Waals surface area contributed by atoms with E-state index in [4.69, 9.17) is 0 Å². The number of aliphatic carboxylic acids is 1. The molecule has 3 nitrogen and oxygen atoms in total. The van der Waals surface area contributed by atoms with Gasteiger partial charge in [-0.1, -0.05) is 18.2 Å². The molecule has 1 atom stereocenters. The molecule has 0 unspecified atom stereocenters. The first-order chi connectivity index (χ1) is 6.84. The molecular weight excluding hydrogens is 211 g/mol. The Labute approximate surface area is 83.3 Å². The van der Waals surface area contributed by atoms with Crippen LogP contribution < -0.4 is 10.8 Å². The van der Waals surface area contributed by atoms with Crippen LogP contribution in [-0.4, -0.2) is 5.97 Å². The van der Waals surface area contributed by atoms with E-state index in [0.29, 0.717) is 0 Å². The van der Waals surface area contributed by atoms with Crippen LogP contribution >= 0.6 is 0 Å². The smallest absolute Gasteiger partial charge is 0.416 e. The molecule has 0 radical (unpaired) electrons. The topological polar surface area (TPSA) is 67.8 Å². The van der Waals surface area contributed by atoms with Crippen LogP contribution in [0.3, 0.4) is 0 Å². The van der Waals surface area contributed by atoms with Gasteiger partial charge in [-0.2, -0.15) is 13.2 Å². The van der Waals surface area contributed by atoms with E-state index in [1.54, 1.807) is 0 Å². The van der Waals surface area contributed by atoms with Crippen LogP contribution in [0.25, 0.3) is 0 Å². The molecule has 1 aromatic carbocycles. The number of carbonyl (C=O) groups excluding carboxylic acids is 1. The van der Waals surface area contributed by atoms with Gasteiger partial charge in [-0.3, -0.25) is 0 Å². The second-order valence-corrected chi connectivity index (χ2v) is 2.96. The number of hydrogen-bond acceptors (Lipinski definition) is 2. The van der Waals surface area contributed by atoms with Crippen molar-refractivity contribution in [2.75, 3.05) is 0 Å². The second-order valence-electron chi connectivity index (χ2n) is 2.96. The van der Waals surface area contributed by atoms with Crippen LogP contribution in [0.2, 0.25) is 0 Å². The van der Waals surface area contributed by atoms with E-state index in [-0.39, 0.29) is 5.56 Å². The van der Waals surface area contributed by atoms with E-state index in [0.717, 1.165) is 12.1 Å². The lowest BCUT2D eigenvalue weighted by Crippen LogP contribution is -2.61. The summed E-state index contributed by atoms with van der Waals surface area (Å²) in [7, 11) is 0. The van der Waals surface area contributed by atoms with Gasteiger partial charge in [0, 0.05) is 5.56 Å². The number of carboxylic acid groups (broad SMARTS) is 1. The van der Waals surface area contributed by atoms with Crippen LogP contribution in [-0.2, 0) is 11.0 Å². The summed E-state index contributed by atoms with van der Waals surface area (Å²) in [5, 5.41) is 10.4. The standard InChI is InChI=1S/C9H8F3NO2/c10-9(11,12)6-4-2-1-3-5(6)7(13)8(14)15/h1-4,7H,13H2,(H,14,15)/t7-/m0/s1. The lowest BCUT2D eigenvalue weighted by molar-refractivity contribution is -0.443. The first kappa shape index (κ1) is 11.5. The van der Waals surface area contributed by atoms with Crippen molar-refractivity contribution in [1.29, 1.82) is 0 Å². The van der Waals surface area contributed by atoms with Crippen LogP contribution in [0.1, 0.15) is 17.2 Å². The molecule has 0 aromatic heterocycles. The predicted molar refractivity (Wildman–Crippen MR) is 42.1 cm³/mol. The third kappa shape index (κ3) is 2.47. The van der Waals surface area contributed by atoms with Crippen molar-refractivity contribution in [2.24, 2.45) is 0 Å². The van der Waals surface area contributed by atoms with Crippen molar-refractivity contribution in [1.82, 2.24) is 0 Å². The normalized spacial score (nSPS) is 13.6. The van der Waals surface area contributed by atoms with Gasteiger partial charge in [-0.15, -0.1) is 0 Å². The van der Waals surface area contributed by atoms with Crippen LogP contribution in [0.4, 0.5) is 13.2 Å². The molecule has 0 aliphatic rings. The first-order valence-corrected chi connectivity index (χ1v) is 4.04. The van der Waals surface area contributed by atoms with Gasteiger partial charge in [0.25, 0.3) is 0 Å². The lowest BCUT2D eigenvalue weighted by atomic mass is 10.0. The Bertz CT molecular complexity index is 376. The molecule has 1 rings (SSSR count). The number of carbonyl (C=O) groups is 1. The zero-order valence-corrected chi connectivity index (χ0v) is 7.54. The molecule has 0 aliphatic carbocycles. The average molecular weight is 219 g/mol. The van der Waals surface area contributed by atoms with Crippen LogP contribution in [0.5, 0.6) is 0 Å². The van der Waals surface area contributed by atoms with Crippen molar-refractivity contribution >= 4 is 5.97 Å². The van der Waals surface area contributed by atoms with Crippen molar-refractivity contribution in [2.45, 2.75) is 12.2 Å². The Hall–Kier alpha value is -1.56. The fraction of sp³-hybridized carbons (Fsp3) is 0.222. The Kier molecular flexibility index (Phi) is 2.99. The molecule has 6 heteroatoms. The number of hydrogen-bond donors (Lipinski definition) is 1. The number of rotatable bonds is 2. The lowest BCUT2D eigenvalue weighted by Gasteiger charge is -2.16. The summed E-state index contributed by atoms with van der Waals surface area (Å²) >= 11 is 0. The minimum absolute atomic E-state index is 0.384. The Morgan fingerprint density at radius 2 is 1.87 bits per heavy atom. The molecule has 0 aliphatic heterocycles. The molecule has 82 valence electrons. The fourth-order valence-electron chi connectivity index (χ4n) is 1.19. The van der Waals surface area contributed by atoms with E-state index in [9.17, 15) is 23.1 Å². The van der Waals surface area contributed by atoms with E-state index in [2.05, 4.69) is 5.73 Å². The Balaban J connectivity index is 3.24. The molecule has 1 aromatic rings. The monoisotopic (exact) mass is 219 g/mol. The summed E-state index contributed by atoms with van der Waals surface area (Å²) in [5.74, 6) is -1.63. The fourth-order valence-corrected chi connectivity index (χ4v) is 1.19. The molecule has 0 heterocycles. The number of quaternary nitrogens is 1. The molecule has 0 fully saturated rings. The molecular formula is C9H8F3NO2. The largest absolute Gasteiger partial charge is 0.544 e. The van der Waals surface area contributed by atoms with Crippen molar-refractivity contribution in [3.05, 3.63) is 35.4 Å². The number of alkyl halides is 3. The highest BCUT2D eigenvalue weighted by Crippen LogP contribution is 2.33. The SMILES string of the molecule is [NH3+][C@H](C(=O)[O-])c1ccccc1C(F)(F)F. The summed E-state index contributed by atoms with van der Waals surface area (Å²) < 4.78 is 37.3. The zero-order valence-electron chi connectivity index (χ0n) is 7.54. The molecule has 0 bridgehead atoms. The highest BCUT2D eigenvalue weighted by Gasteiger charge is 2.35. The van der Waals surface area contributed by atoms with Crippen molar-refractivity contribution < 1.29 is 28.8 Å². The van der Waals surface area contributed by atoms with Crippen LogP contribution in [0.15, 0.2) is 24.3 Å². The van der Waals surface area contributed by atoms with Gasteiger partial charge >= 0.3 is 6.18 Å². The van der Waals surface area contributed by atoms with Gasteiger partial charge < -0.3 is 15.6 Å². The summed E-state index contributed by atoms with van der Waals surface area (Å²) in [6.07, 6.45) is -4.58. The molecule has 0 saturated heterocycles. The highest BCUT2D eigenvalue weighted by molar-refractivity contribution is 5.72. The second kappa shape index (κ2) is 3.90. The van der Waals surface area contributed by atoms with E-state index >= 15 is 0 Å². The summed E-state index contributed by atoms with van der Waals surface area (Å²) in [6.45, 7) is 0. The summed E-state index contributed by atoms with van der Waals surface area (Å²) in [5.41, 5.74) is 1.74. The number of halogens is 3. The molecule has 15 heavy (non-hydrogen) atoms. The van der Waals surface area contributed by atoms with Crippen LogP contribution in [0, 0.1) is 0 Å². The van der Waals surface area contributed by atoms with Gasteiger partial charge in [0.1, 0.15) is 5.97 Å². The highest BCUT2D eigenvalue weighted by atomic mass is 19.4. The number of carboxylic acids is 1. The molecule has 3 N–H and O–H groups in total. The maximum absolute atomic E-state index is 12.4. The van der Waals surface area contributed by atoms with Gasteiger partial charge in [-0.05, 0) is 6.07 Å². The summed E-state index contributed by atoms with van der Waals surface area (Å²) in [4.78, 5) is 10.4. The molecule has 0 saturated carbocycles. The maximum Gasteiger partial charge on any atom is 0.416 e. The zero-order chi connectivity index (χ0) is 11.6. The predicted octanol–water partition coefficient (Wildman–Crippen LogP) is -0.262. The average Bonchev–Trinajstić information content (AvgIpc) is 2.15. The van der Waals surface area contributed by atoms with Crippen molar-refractivity contribution in [3.8, 4) is 0 Å². The third-order valence-electron chi connectivity index (χ3n) is 1.93. The Morgan fingerprint density at radius 1 is 1.33 bits per heavy atom. The van der Waals surface area contributed by atoms with E-state index in [1.165, 1.54) is 12.1 Å². The maximum atomic E-state index is 12.4. The van der Waals surface area contributed by atoms with E-state index in [1.807, 2.05) is 0 Å². The Morgan fingerprint density at radius 3 is 2.33 bits per heavy atom. The minimum atomic E-state index is -4.58. The summed E-state index contributed by atoms with van der Waals surface area (Å²) in [6, 6.07) is 2.88. The van der Waals surface area contributed by atoms with Gasteiger partial charge in [0.15, 0.2) is 6.04 Å². The quantitative estimate of drug-likeness (QED) is 0.744. The third-order valence-corrected chi connectivity index (χ3v) is 1.93.